The highest BCUT2D eigenvalue weighted by atomic mass is 32.2. The lowest BCUT2D eigenvalue weighted by Gasteiger charge is -1.90. The normalized spacial score (nSPS) is 20.2. The monoisotopic (exact) mass is 140 g/mol. The Morgan fingerprint density at radius 2 is 2.33 bits per heavy atom. The number of allylic oxidation sites excluding steroid dienone is 4. The molecule has 0 radical (unpaired) electrons. The summed E-state index contributed by atoms with van der Waals surface area (Å²) >= 11 is 1.97. The van der Waals surface area contributed by atoms with Crippen LogP contribution in [0.2, 0.25) is 0 Å². The first-order chi connectivity index (χ1) is 4.34. The molecule has 0 spiro atoms. The molecule has 0 aromatic heterocycles. The number of hydrogen-bond acceptors (Lipinski definition) is 1. The van der Waals surface area contributed by atoms with Gasteiger partial charge in [0.1, 0.15) is 0 Å². The van der Waals surface area contributed by atoms with Crippen molar-refractivity contribution in [3.05, 3.63) is 22.6 Å². The van der Waals surface area contributed by atoms with Crippen molar-refractivity contribution in [2.45, 2.75) is 20.3 Å². The van der Waals surface area contributed by atoms with E-state index in [-0.39, 0.29) is 0 Å². The third kappa shape index (κ3) is 1.62. The zero-order chi connectivity index (χ0) is 6.69. The van der Waals surface area contributed by atoms with Gasteiger partial charge < -0.3 is 0 Å². The number of hydrogen-bond donors (Lipinski definition) is 0. The van der Waals surface area contributed by atoms with Crippen LogP contribution in [0.3, 0.4) is 0 Å². The van der Waals surface area contributed by atoms with Gasteiger partial charge in [-0.05, 0) is 30.7 Å². The van der Waals surface area contributed by atoms with Crippen molar-refractivity contribution < 1.29 is 0 Å². The lowest BCUT2D eigenvalue weighted by atomic mass is 10.2. The van der Waals surface area contributed by atoms with Crippen LogP contribution in [0.5, 0.6) is 0 Å². The molecular weight excluding hydrogens is 128 g/mol. The van der Waals surface area contributed by atoms with Crippen LogP contribution in [-0.2, 0) is 0 Å². The molecule has 0 fully saturated rings. The van der Waals surface area contributed by atoms with Crippen molar-refractivity contribution in [3.8, 4) is 0 Å². The van der Waals surface area contributed by atoms with Crippen molar-refractivity contribution in [2.75, 3.05) is 5.75 Å². The van der Waals surface area contributed by atoms with Gasteiger partial charge in [0.05, 0.1) is 0 Å². The third-order valence-electron chi connectivity index (χ3n) is 1.51. The van der Waals surface area contributed by atoms with E-state index >= 15 is 0 Å². The molecule has 1 heteroatoms. The van der Waals surface area contributed by atoms with E-state index in [0.29, 0.717) is 0 Å². The molecule has 1 aliphatic heterocycles. The van der Waals surface area contributed by atoms with Crippen LogP contribution in [-0.4, -0.2) is 5.75 Å². The predicted molar refractivity (Wildman–Crippen MR) is 44.6 cm³/mol. The standard InChI is InChI=1S/C8H12S/c1-3-4-8-5-6-9-7(8)2/h3-4H,5-6H2,1-2H3/b4-3-. The van der Waals surface area contributed by atoms with Gasteiger partial charge in [-0.1, -0.05) is 12.2 Å². The maximum absolute atomic E-state index is 2.22. The highest BCUT2D eigenvalue weighted by Gasteiger charge is 2.06. The van der Waals surface area contributed by atoms with Crippen LogP contribution in [0.1, 0.15) is 20.3 Å². The van der Waals surface area contributed by atoms with Crippen molar-refractivity contribution in [1.82, 2.24) is 0 Å². The maximum atomic E-state index is 2.22. The molecule has 1 rings (SSSR count). The van der Waals surface area contributed by atoms with Gasteiger partial charge in [-0.15, -0.1) is 11.8 Å². The second kappa shape index (κ2) is 3.11. The van der Waals surface area contributed by atoms with Crippen molar-refractivity contribution >= 4 is 11.8 Å². The molecule has 0 saturated carbocycles. The molecule has 1 aliphatic rings. The van der Waals surface area contributed by atoms with E-state index in [1.807, 2.05) is 11.8 Å². The SMILES string of the molecule is C/C=C\C1=C(C)SCC1. The Morgan fingerprint density at radius 1 is 1.56 bits per heavy atom. The smallest absolute Gasteiger partial charge is 0.00176 e. The fourth-order valence-corrected chi connectivity index (χ4v) is 1.97. The molecular formula is C8H12S. The van der Waals surface area contributed by atoms with Gasteiger partial charge in [-0.25, -0.2) is 0 Å². The summed E-state index contributed by atoms with van der Waals surface area (Å²) in [6, 6.07) is 0. The Hall–Kier alpha value is -0.170. The van der Waals surface area contributed by atoms with E-state index in [1.54, 1.807) is 0 Å². The molecule has 0 amide bonds. The average Bonchev–Trinajstić information content (AvgIpc) is 2.18. The summed E-state index contributed by atoms with van der Waals surface area (Å²) in [5, 5.41) is 0. The largest absolute Gasteiger partial charge is 0.130 e. The van der Waals surface area contributed by atoms with Crippen LogP contribution in [0.25, 0.3) is 0 Å². The first-order valence-corrected chi connectivity index (χ1v) is 4.28. The van der Waals surface area contributed by atoms with E-state index in [1.165, 1.54) is 22.7 Å². The van der Waals surface area contributed by atoms with Gasteiger partial charge in [-0.2, -0.15) is 0 Å². The second-order valence-corrected chi connectivity index (χ2v) is 3.49. The second-order valence-electron chi connectivity index (χ2n) is 2.18. The first-order valence-electron chi connectivity index (χ1n) is 3.30. The molecule has 9 heavy (non-hydrogen) atoms. The van der Waals surface area contributed by atoms with E-state index < -0.39 is 0 Å². The zero-order valence-corrected chi connectivity index (χ0v) is 6.79. The van der Waals surface area contributed by atoms with Crippen LogP contribution >= 0.6 is 11.8 Å². The summed E-state index contributed by atoms with van der Waals surface area (Å²) in [6.07, 6.45) is 5.60. The van der Waals surface area contributed by atoms with Gasteiger partial charge >= 0.3 is 0 Å². The Balaban J connectivity index is 2.66. The molecule has 0 bridgehead atoms. The molecule has 1 heterocycles. The summed E-state index contributed by atoms with van der Waals surface area (Å²) < 4.78 is 0. The predicted octanol–water partition coefficient (Wildman–Crippen LogP) is 2.97. The van der Waals surface area contributed by atoms with Crippen molar-refractivity contribution in [1.29, 1.82) is 0 Å². The Morgan fingerprint density at radius 3 is 2.78 bits per heavy atom. The number of rotatable bonds is 1. The molecule has 0 N–H and O–H groups in total. The molecule has 0 aliphatic carbocycles. The highest BCUT2D eigenvalue weighted by Crippen LogP contribution is 2.30. The molecule has 0 saturated heterocycles. The summed E-state index contributed by atoms with van der Waals surface area (Å²) in [4.78, 5) is 1.51. The topological polar surface area (TPSA) is 0 Å². The van der Waals surface area contributed by atoms with Gasteiger partial charge in [0.15, 0.2) is 0 Å². The minimum atomic E-state index is 1.26. The first kappa shape index (κ1) is 6.94. The lowest BCUT2D eigenvalue weighted by molar-refractivity contribution is 1.18. The van der Waals surface area contributed by atoms with Crippen molar-refractivity contribution in [2.24, 2.45) is 0 Å². The quantitative estimate of drug-likeness (QED) is 0.539. The van der Waals surface area contributed by atoms with Crippen LogP contribution in [0, 0.1) is 0 Å². The fraction of sp³-hybridized carbons (Fsp3) is 0.500. The Labute approximate surface area is 61.0 Å². The van der Waals surface area contributed by atoms with Gasteiger partial charge in [0, 0.05) is 5.75 Å². The van der Waals surface area contributed by atoms with E-state index in [4.69, 9.17) is 0 Å². The van der Waals surface area contributed by atoms with Crippen LogP contribution < -0.4 is 0 Å². The summed E-state index contributed by atoms with van der Waals surface area (Å²) in [5.41, 5.74) is 1.53. The molecule has 0 unspecified atom stereocenters. The fourth-order valence-electron chi connectivity index (χ4n) is 0.985. The average molecular weight is 140 g/mol. The third-order valence-corrected chi connectivity index (χ3v) is 2.61. The van der Waals surface area contributed by atoms with Gasteiger partial charge in [-0.3, -0.25) is 0 Å². The maximum Gasteiger partial charge on any atom is 0.00176 e. The zero-order valence-electron chi connectivity index (χ0n) is 5.98. The van der Waals surface area contributed by atoms with Crippen molar-refractivity contribution in [3.63, 3.8) is 0 Å². The van der Waals surface area contributed by atoms with Crippen LogP contribution in [0.4, 0.5) is 0 Å². The van der Waals surface area contributed by atoms with Gasteiger partial charge in [0.25, 0.3) is 0 Å². The summed E-state index contributed by atoms with van der Waals surface area (Å²) in [5.74, 6) is 1.28. The summed E-state index contributed by atoms with van der Waals surface area (Å²) in [6.45, 7) is 4.27. The molecule has 0 aromatic rings. The highest BCUT2D eigenvalue weighted by molar-refractivity contribution is 8.03. The molecule has 0 aromatic carbocycles. The van der Waals surface area contributed by atoms with E-state index in [0.717, 1.165) is 0 Å². The molecule has 0 nitrogen and oxygen atoms in total. The number of thioether (sulfide) groups is 1. The van der Waals surface area contributed by atoms with E-state index in [2.05, 4.69) is 26.0 Å². The lowest BCUT2D eigenvalue weighted by Crippen LogP contribution is -1.72. The molecule has 50 valence electrons. The minimum absolute atomic E-state index is 1.26. The van der Waals surface area contributed by atoms with Gasteiger partial charge in [0.2, 0.25) is 0 Å². The minimum Gasteiger partial charge on any atom is -0.130 e. The Kier molecular flexibility index (Phi) is 2.40. The van der Waals surface area contributed by atoms with E-state index in [9.17, 15) is 0 Å². The Bertz CT molecular complexity index is 154. The molecule has 0 atom stereocenters. The van der Waals surface area contributed by atoms with Crippen LogP contribution in [0.15, 0.2) is 22.6 Å². The summed E-state index contributed by atoms with van der Waals surface area (Å²) in [7, 11) is 0.